The molecule has 0 bridgehead atoms. The van der Waals surface area contributed by atoms with E-state index >= 15 is 0 Å². The number of aryl methyl sites for hydroxylation is 1. The van der Waals surface area contributed by atoms with Gasteiger partial charge in [0.05, 0.1) is 5.39 Å². The Morgan fingerprint density at radius 2 is 2.19 bits per heavy atom. The van der Waals surface area contributed by atoms with Crippen molar-refractivity contribution in [3.63, 3.8) is 0 Å². The third-order valence-corrected chi connectivity index (χ3v) is 4.52. The number of nitrogens with zero attached hydrogens (tertiary/aromatic N) is 6. The molecule has 136 valence electrons. The lowest BCUT2D eigenvalue weighted by molar-refractivity contribution is -0.117. The minimum Gasteiger partial charge on any atom is -0.459 e. The molecule has 5 rings (SSSR count). The fraction of sp³-hybridized carbons (Fsp3) is 0.294. The largest absolute Gasteiger partial charge is 0.459 e. The minimum absolute atomic E-state index is 0.221. The Bertz CT molecular complexity index is 1250. The van der Waals surface area contributed by atoms with Gasteiger partial charge in [0.1, 0.15) is 24.3 Å². The van der Waals surface area contributed by atoms with Gasteiger partial charge >= 0.3 is 0 Å². The second-order valence-electron chi connectivity index (χ2n) is 6.61. The Hall–Kier alpha value is -3.56. The van der Waals surface area contributed by atoms with Gasteiger partial charge in [-0.2, -0.15) is 9.61 Å². The van der Waals surface area contributed by atoms with E-state index in [-0.39, 0.29) is 12.1 Å². The molecule has 4 aromatic rings. The monoisotopic (exact) mass is 365 g/mol. The molecule has 1 aliphatic carbocycles. The van der Waals surface area contributed by atoms with Crippen molar-refractivity contribution < 1.29 is 9.21 Å². The van der Waals surface area contributed by atoms with E-state index in [1.807, 2.05) is 0 Å². The highest BCUT2D eigenvalue weighted by Gasteiger charge is 2.28. The van der Waals surface area contributed by atoms with Crippen molar-refractivity contribution >= 4 is 28.3 Å². The topological polar surface area (TPSA) is 120 Å². The quantitative estimate of drug-likeness (QED) is 0.578. The number of aromatic nitrogens is 6. The van der Waals surface area contributed by atoms with Gasteiger partial charge in [-0.05, 0) is 38.0 Å². The summed E-state index contributed by atoms with van der Waals surface area (Å²) in [5.41, 5.74) is 1.30. The van der Waals surface area contributed by atoms with Gasteiger partial charge in [0, 0.05) is 5.92 Å². The van der Waals surface area contributed by atoms with Crippen LogP contribution in [0.25, 0.3) is 16.6 Å². The Labute approximate surface area is 151 Å². The summed E-state index contributed by atoms with van der Waals surface area (Å²) in [6.45, 7) is 1.54. The molecule has 4 heterocycles. The van der Waals surface area contributed by atoms with Crippen LogP contribution in [0.4, 0.5) is 5.82 Å². The Morgan fingerprint density at radius 3 is 3.00 bits per heavy atom. The zero-order valence-corrected chi connectivity index (χ0v) is 14.4. The number of nitrogens with one attached hydrogen (secondary N) is 1. The van der Waals surface area contributed by atoms with E-state index in [4.69, 9.17) is 4.42 Å². The molecule has 1 aliphatic rings. The van der Waals surface area contributed by atoms with Crippen molar-refractivity contribution in [2.45, 2.75) is 32.2 Å². The number of hydrogen-bond donors (Lipinski definition) is 1. The van der Waals surface area contributed by atoms with Gasteiger partial charge in [-0.25, -0.2) is 4.68 Å². The van der Waals surface area contributed by atoms with Gasteiger partial charge < -0.3 is 9.73 Å². The van der Waals surface area contributed by atoms with Crippen molar-refractivity contribution in [2.24, 2.45) is 0 Å². The lowest BCUT2D eigenvalue weighted by Crippen LogP contribution is -2.30. The van der Waals surface area contributed by atoms with Crippen LogP contribution in [-0.2, 0) is 11.3 Å². The molecule has 0 radical (unpaired) electrons. The molecule has 1 N–H and O–H groups in total. The average Bonchev–Trinajstić information content (AvgIpc) is 3.21. The fourth-order valence-corrected chi connectivity index (χ4v) is 3.04. The summed E-state index contributed by atoms with van der Waals surface area (Å²) in [5, 5.41) is 19.1. The maximum Gasteiger partial charge on any atom is 0.278 e. The first-order valence-electron chi connectivity index (χ1n) is 8.56. The number of furan rings is 1. The molecule has 10 heteroatoms. The predicted molar refractivity (Wildman–Crippen MR) is 94.4 cm³/mol. The summed E-state index contributed by atoms with van der Waals surface area (Å²) >= 11 is 0. The van der Waals surface area contributed by atoms with Crippen molar-refractivity contribution in [1.82, 2.24) is 29.6 Å². The van der Waals surface area contributed by atoms with E-state index in [0.29, 0.717) is 34.0 Å². The van der Waals surface area contributed by atoms with E-state index in [0.717, 1.165) is 23.3 Å². The van der Waals surface area contributed by atoms with E-state index in [1.165, 1.54) is 10.8 Å². The summed E-state index contributed by atoms with van der Waals surface area (Å²) in [4.78, 5) is 25.1. The normalized spacial score (nSPS) is 14.1. The second-order valence-corrected chi connectivity index (χ2v) is 6.61. The average molecular weight is 365 g/mol. The minimum atomic E-state index is -0.408. The first kappa shape index (κ1) is 15.7. The molecular weight excluding hydrogens is 350 g/mol. The highest BCUT2D eigenvalue weighted by atomic mass is 16.3. The number of rotatable bonds is 4. The Balaban J connectivity index is 1.42. The molecule has 10 nitrogen and oxygen atoms in total. The number of hydrogen-bond acceptors (Lipinski definition) is 7. The summed E-state index contributed by atoms with van der Waals surface area (Å²) < 4.78 is 8.39. The summed E-state index contributed by atoms with van der Waals surface area (Å²) in [5.74, 6) is 1.14. The van der Waals surface area contributed by atoms with Crippen LogP contribution >= 0.6 is 0 Å². The van der Waals surface area contributed by atoms with Crippen LogP contribution in [0.15, 0.2) is 33.7 Å². The number of anilines is 1. The maximum absolute atomic E-state index is 12.7. The first-order chi connectivity index (χ1) is 13.1. The van der Waals surface area contributed by atoms with Crippen LogP contribution in [-0.4, -0.2) is 35.5 Å². The molecule has 0 spiro atoms. The smallest absolute Gasteiger partial charge is 0.278 e. The molecule has 0 unspecified atom stereocenters. The van der Waals surface area contributed by atoms with E-state index in [1.54, 1.807) is 25.1 Å². The third-order valence-electron chi connectivity index (χ3n) is 4.52. The number of amides is 1. The van der Waals surface area contributed by atoms with Crippen molar-refractivity contribution in [3.05, 3.63) is 46.3 Å². The zero-order valence-electron chi connectivity index (χ0n) is 14.4. The van der Waals surface area contributed by atoms with E-state index < -0.39 is 5.91 Å². The molecule has 1 fully saturated rings. The third kappa shape index (κ3) is 2.75. The van der Waals surface area contributed by atoms with Crippen LogP contribution in [0.2, 0.25) is 0 Å². The molecule has 4 aromatic heterocycles. The molecule has 0 atom stereocenters. The molecule has 0 saturated heterocycles. The zero-order chi connectivity index (χ0) is 18.5. The first-order valence-corrected chi connectivity index (χ1v) is 8.56. The van der Waals surface area contributed by atoms with Crippen LogP contribution in [0, 0.1) is 6.92 Å². The molecule has 0 aliphatic heterocycles. The summed E-state index contributed by atoms with van der Waals surface area (Å²) in [7, 11) is 0. The molecule has 27 heavy (non-hydrogen) atoms. The van der Waals surface area contributed by atoms with Gasteiger partial charge in [0.25, 0.3) is 5.56 Å². The van der Waals surface area contributed by atoms with Crippen molar-refractivity contribution in [1.29, 1.82) is 0 Å². The van der Waals surface area contributed by atoms with E-state index in [2.05, 4.69) is 25.7 Å². The molecule has 0 aromatic carbocycles. The summed E-state index contributed by atoms with van der Waals surface area (Å²) in [6.07, 6.45) is 3.59. The van der Waals surface area contributed by atoms with Crippen LogP contribution in [0.5, 0.6) is 0 Å². The summed E-state index contributed by atoms with van der Waals surface area (Å²) in [6, 6.07) is 5.08. The van der Waals surface area contributed by atoms with Gasteiger partial charge in [0.15, 0.2) is 17.0 Å². The lowest BCUT2D eigenvalue weighted by Gasteiger charge is -2.07. The standard InChI is InChI=1S/C17H15N7O3/c1-9-16-11(6-12(27-16)10-2-3-10)17(26)23(21-9)7-15(25)19-13-4-5-14-20-18-8-24(14)22-13/h4-6,8,10H,2-3,7H2,1H3,(H,19,22,25). The van der Waals surface area contributed by atoms with Gasteiger partial charge in [-0.15, -0.1) is 15.3 Å². The maximum atomic E-state index is 12.7. The SMILES string of the molecule is Cc1nn(CC(=O)Nc2ccc3nncn3n2)c(=O)c2cc(C3CC3)oc12. The number of fused-ring (bicyclic) bond motifs is 2. The van der Waals surface area contributed by atoms with Gasteiger partial charge in [-0.1, -0.05) is 0 Å². The highest BCUT2D eigenvalue weighted by Crippen LogP contribution is 2.41. The molecule has 1 amide bonds. The molecule has 1 saturated carbocycles. The van der Waals surface area contributed by atoms with Gasteiger partial charge in [-0.3, -0.25) is 9.59 Å². The van der Waals surface area contributed by atoms with Crippen LogP contribution in [0.1, 0.15) is 30.2 Å². The van der Waals surface area contributed by atoms with Gasteiger partial charge in [0.2, 0.25) is 5.91 Å². The number of carbonyl (C=O) groups is 1. The lowest BCUT2D eigenvalue weighted by atomic mass is 10.2. The highest BCUT2D eigenvalue weighted by molar-refractivity contribution is 5.89. The van der Waals surface area contributed by atoms with Crippen molar-refractivity contribution in [2.75, 3.05) is 5.32 Å². The van der Waals surface area contributed by atoms with Crippen LogP contribution in [0.3, 0.4) is 0 Å². The Kier molecular flexibility index (Phi) is 3.33. The Morgan fingerprint density at radius 1 is 1.33 bits per heavy atom. The second kappa shape index (κ2) is 5.73. The predicted octanol–water partition coefficient (Wildman–Crippen LogP) is 1.25. The fourth-order valence-electron chi connectivity index (χ4n) is 3.04. The molecular formula is C17H15N7O3. The van der Waals surface area contributed by atoms with Crippen molar-refractivity contribution in [3.8, 4) is 0 Å². The van der Waals surface area contributed by atoms with E-state index in [9.17, 15) is 9.59 Å². The van der Waals surface area contributed by atoms with Crippen LogP contribution < -0.4 is 10.9 Å². The number of carbonyl (C=O) groups excluding carboxylic acids is 1.